The lowest BCUT2D eigenvalue weighted by Crippen LogP contribution is -2.07. The summed E-state index contributed by atoms with van der Waals surface area (Å²) in [6.07, 6.45) is 0.809. The molecule has 5 nitrogen and oxygen atoms in total. The molecule has 0 radical (unpaired) electrons. The van der Waals surface area contributed by atoms with Crippen LogP contribution in [0, 0.1) is 0 Å². The second kappa shape index (κ2) is 9.67. The summed E-state index contributed by atoms with van der Waals surface area (Å²) in [4.78, 5) is 10.8. The molecule has 0 spiro atoms. The summed E-state index contributed by atoms with van der Waals surface area (Å²) < 4.78 is 11.4. The van der Waals surface area contributed by atoms with Crippen molar-refractivity contribution in [2.75, 3.05) is 18.5 Å². The lowest BCUT2D eigenvalue weighted by molar-refractivity contribution is 0.0697. The monoisotopic (exact) mass is 397 g/mol. The van der Waals surface area contributed by atoms with Crippen molar-refractivity contribution in [3.05, 3.63) is 83.4 Å². The van der Waals surface area contributed by atoms with Crippen LogP contribution in [0.2, 0.25) is 5.02 Å². The number of carbonyl (C=O) groups is 1. The Bertz CT molecular complexity index is 893. The van der Waals surface area contributed by atoms with E-state index in [1.807, 2.05) is 36.4 Å². The average molecular weight is 398 g/mol. The van der Waals surface area contributed by atoms with Crippen molar-refractivity contribution in [3.63, 3.8) is 0 Å². The Labute approximate surface area is 168 Å². The summed E-state index contributed by atoms with van der Waals surface area (Å²) >= 11 is 5.86. The van der Waals surface area contributed by atoms with Crippen molar-refractivity contribution in [1.82, 2.24) is 0 Å². The minimum atomic E-state index is -0.944. The standard InChI is InChI=1S/C22H20ClNO4/c23-17-4-10-20(11-5-17)28-21-12-6-18(7-13-21)24-14-1-15-27-19-8-2-16(3-9-19)22(25)26/h2-13,24H,1,14-15H2,(H,25,26). The number of aromatic carboxylic acids is 1. The molecule has 0 amide bonds. The van der Waals surface area contributed by atoms with Gasteiger partial charge < -0.3 is 19.9 Å². The van der Waals surface area contributed by atoms with E-state index in [0.717, 1.165) is 30.2 Å². The molecule has 6 heteroatoms. The lowest BCUT2D eigenvalue weighted by Gasteiger charge is -2.10. The van der Waals surface area contributed by atoms with Crippen LogP contribution in [0.4, 0.5) is 5.69 Å². The number of carboxylic acids is 1. The Morgan fingerprint density at radius 2 is 1.43 bits per heavy atom. The van der Waals surface area contributed by atoms with Crippen molar-refractivity contribution in [3.8, 4) is 17.2 Å². The van der Waals surface area contributed by atoms with Gasteiger partial charge in [-0.3, -0.25) is 0 Å². The van der Waals surface area contributed by atoms with E-state index in [1.54, 1.807) is 24.3 Å². The molecule has 0 aliphatic rings. The summed E-state index contributed by atoms with van der Waals surface area (Å²) in [5.41, 5.74) is 1.24. The van der Waals surface area contributed by atoms with E-state index in [2.05, 4.69) is 5.32 Å². The first-order valence-electron chi connectivity index (χ1n) is 8.84. The van der Waals surface area contributed by atoms with Gasteiger partial charge in [-0.2, -0.15) is 0 Å². The fourth-order valence-electron chi connectivity index (χ4n) is 2.47. The van der Waals surface area contributed by atoms with Crippen molar-refractivity contribution >= 4 is 23.3 Å². The van der Waals surface area contributed by atoms with Gasteiger partial charge in [-0.25, -0.2) is 4.79 Å². The number of ether oxygens (including phenoxy) is 2. The molecule has 28 heavy (non-hydrogen) atoms. The Morgan fingerprint density at radius 3 is 2.04 bits per heavy atom. The van der Waals surface area contributed by atoms with Crippen LogP contribution >= 0.6 is 11.6 Å². The fourth-order valence-corrected chi connectivity index (χ4v) is 2.59. The molecule has 0 fully saturated rings. The quantitative estimate of drug-likeness (QED) is 0.452. The maximum Gasteiger partial charge on any atom is 0.335 e. The van der Waals surface area contributed by atoms with E-state index in [9.17, 15) is 4.79 Å². The van der Waals surface area contributed by atoms with Crippen molar-refractivity contribution in [2.45, 2.75) is 6.42 Å². The van der Waals surface area contributed by atoms with E-state index in [1.165, 1.54) is 12.1 Å². The van der Waals surface area contributed by atoms with Crippen LogP contribution < -0.4 is 14.8 Å². The Morgan fingerprint density at radius 1 is 0.857 bits per heavy atom. The van der Waals surface area contributed by atoms with Gasteiger partial charge in [0, 0.05) is 17.3 Å². The highest BCUT2D eigenvalue weighted by Crippen LogP contribution is 2.24. The van der Waals surface area contributed by atoms with Crippen LogP contribution in [0.15, 0.2) is 72.8 Å². The zero-order valence-electron chi connectivity index (χ0n) is 15.1. The Balaban J connectivity index is 1.37. The molecule has 0 saturated heterocycles. The Hall–Kier alpha value is -3.18. The fraction of sp³-hybridized carbons (Fsp3) is 0.136. The van der Waals surface area contributed by atoms with Crippen LogP contribution in [0.1, 0.15) is 16.8 Å². The molecule has 0 saturated carbocycles. The smallest absolute Gasteiger partial charge is 0.335 e. The van der Waals surface area contributed by atoms with Gasteiger partial charge >= 0.3 is 5.97 Å². The van der Waals surface area contributed by atoms with Crippen molar-refractivity contribution < 1.29 is 19.4 Å². The third-order valence-corrected chi connectivity index (χ3v) is 4.18. The molecule has 0 aliphatic heterocycles. The molecule has 3 aromatic carbocycles. The van der Waals surface area contributed by atoms with Gasteiger partial charge in [0.2, 0.25) is 0 Å². The largest absolute Gasteiger partial charge is 0.494 e. The molecule has 2 N–H and O–H groups in total. The third kappa shape index (κ3) is 5.93. The molecule has 0 unspecified atom stereocenters. The molecular formula is C22H20ClNO4. The first-order valence-corrected chi connectivity index (χ1v) is 9.21. The summed E-state index contributed by atoms with van der Waals surface area (Å²) in [7, 11) is 0. The van der Waals surface area contributed by atoms with Gasteiger partial charge in [0.1, 0.15) is 17.2 Å². The van der Waals surface area contributed by atoms with Gasteiger partial charge in [0.15, 0.2) is 0 Å². The van der Waals surface area contributed by atoms with E-state index < -0.39 is 5.97 Å². The van der Waals surface area contributed by atoms with Gasteiger partial charge in [0.25, 0.3) is 0 Å². The van der Waals surface area contributed by atoms with Gasteiger partial charge in [-0.15, -0.1) is 0 Å². The van der Waals surface area contributed by atoms with Crippen LogP contribution in [-0.4, -0.2) is 24.2 Å². The van der Waals surface area contributed by atoms with Crippen molar-refractivity contribution in [2.24, 2.45) is 0 Å². The maximum absolute atomic E-state index is 10.8. The second-order valence-corrected chi connectivity index (χ2v) is 6.48. The molecule has 3 rings (SSSR count). The van der Waals surface area contributed by atoms with Gasteiger partial charge in [-0.05, 0) is 79.2 Å². The SMILES string of the molecule is O=C(O)c1ccc(OCCCNc2ccc(Oc3ccc(Cl)cc3)cc2)cc1. The summed E-state index contributed by atoms with van der Waals surface area (Å²) in [6, 6.07) is 21.3. The summed E-state index contributed by atoms with van der Waals surface area (Å²) in [5, 5.41) is 12.9. The van der Waals surface area contributed by atoms with E-state index in [0.29, 0.717) is 17.4 Å². The number of hydrogen-bond acceptors (Lipinski definition) is 4. The predicted octanol–water partition coefficient (Wildman–Crippen LogP) is 5.71. The highest BCUT2D eigenvalue weighted by atomic mass is 35.5. The minimum Gasteiger partial charge on any atom is -0.494 e. The Kier molecular flexibility index (Phi) is 6.76. The minimum absolute atomic E-state index is 0.248. The number of benzene rings is 3. The third-order valence-electron chi connectivity index (χ3n) is 3.92. The maximum atomic E-state index is 10.8. The normalized spacial score (nSPS) is 10.3. The molecule has 0 aliphatic carbocycles. The van der Waals surface area contributed by atoms with Crippen LogP contribution in [0.5, 0.6) is 17.2 Å². The van der Waals surface area contributed by atoms with Crippen LogP contribution in [0.3, 0.4) is 0 Å². The first-order chi connectivity index (χ1) is 13.6. The number of carboxylic acid groups (broad SMARTS) is 1. The lowest BCUT2D eigenvalue weighted by atomic mass is 10.2. The zero-order valence-corrected chi connectivity index (χ0v) is 15.9. The van der Waals surface area contributed by atoms with Gasteiger partial charge in [-0.1, -0.05) is 11.6 Å². The van der Waals surface area contributed by atoms with E-state index in [4.69, 9.17) is 26.2 Å². The molecular weight excluding hydrogens is 378 g/mol. The van der Waals surface area contributed by atoms with Crippen LogP contribution in [-0.2, 0) is 0 Å². The summed E-state index contributed by atoms with van der Waals surface area (Å²) in [5.74, 6) is 1.20. The topological polar surface area (TPSA) is 67.8 Å². The molecule has 0 heterocycles. The number of nitrogens with one attached hydrogen (secondary N) is 1. The van der Waals surface area contributed by atoms with Gasteiger partial charge in [0.05, 0.1) is 12.2 Å². The zero-order chi connectivity index (χ0) is 19.8. The number of halogens is 1. The van der Waals surface area contributed by atoms with Crippen LogP contribution in [0.25, 0.3) is 0 Å². The molecule has 0 bridgehead atoms. The van der Waals surface area contributed by atoms with E-state index in [-0.39, 0.29) is 5.56 Å². The molecule has 144 valence electrons. The molecule has 0 atom stereocenters. The van der Waals surface area contributed by atoms with Crippen molar-refractivity contribution in [1.29, 1.82) is 0 Å². The summed E-state index contributed by atoms with van der Waals surface area (Å²) in [6.45, 7) is 1.29. The number of rotatable bonds is 9. The molecule has 0 aromatic heterocycles. The number of anilines is 1. The average Bonchev–Trinajstić information content (AvgIpc) is 2.71. The second-order valence-electron chi connectivity index (χ2n) is 6.04. The first kappa shape index (κ1) is 19.6. The molecule has 3 aromatic rings. The number of hydrogen-bond donors (Lipinski definition) is 2. The highest BCUT2D eigenvalue weighted by molar-refractivity contribution is 6.30. The highest BCUT2D eigenvalue weighted by Gasteiger charge is 2.02. The predicted molar refractivity (Wildman–Crippen MR) is 110 cm³/mol. The van der Waals surface area contributed by atoms with E-state index >= 15 is 0 Å².